The van der Waals surface area contributed by atoms with Crippen LogP contribution in [-0.4, -0.2) is 12.1 Å². The molecule has 0 aliphatic rings. The Labute approximate surface area is 134 Å². The normalized spacial score (nSPS) is 10.8. The van der Waals surface area contributed by atoms with Gasteiger partial charge in [0.15, 0.2) is 0 Å². The average Bonchev–Trinajstić information content (AvgIpc) is 3.11. The van der Waals surface area contributed by atoms with Gasteiger partial charge in [-0.15, -0.1) is 0 Å². The zero-order chi connectivity index (χ0) is 15.6. The van der Waals surface area contributed by atoms with Gasteiger partial charge in [-0.3, -0.25) is 0 Å². The molecule has 23 heavy (non-hydrogen) atoms. The Bertz CT molecular complexity index is 955. The van der Waals surface area contributed by atoms with Gasteiger partial charge in [-0.05, 0) is 47.2 Å². The number of ether oxygens (including phenoxy) is 1. The first kappa shape index (κ1) is 13.6. The second-order valence-corrected chi connectivity index (χ2v) is 5.33. The summed E-state index contributed by atoms with van der Waals surface area (Å²) in [6, 6.07) is 22.2. The number of benzene rings is 3. The highest BCUT2D eigenvalue weighted by Crippen LogP contribution is 2.28. The summed E-state index contributed by atoms with van der Waals surface area (Å²) >= 11 is 0. The van der Waals surface area contributed by atoms with Crippen molar-refractivity contribution in [2.24, 2.45) is 0 Å². The summed E-state index contributed by atoms with van der Waals surface area (Å²) in [4.78, 5) is 4.61. The van der Waals surface area contributed by atoms with E-state index in [9.17, 15) is 0 Å². The summed E-state index contributed by atoms with van der Waals surface area (Å²) in [5, 5.41) is 2.38. The fraction of sp³-hybridized carbons (Fsp3) is 0.0500. The minimum Gasteiger partial charge on any atom is -0.497 e. The maximum absolute atomic E-state index is 5.67. The molecule has 3 heteroatoms. The van der Waals surface area contributed by atoms with Crippen LogP contribution < -0.4 is 4.74 Å². The van der Waals surface area contributed by atoms with Gasteiger partial charge in [-0.1, -0.05) is 30.3 Å². The van der Waals surface area contributed by atoms with Gasteiger partial charge in [0, 0.05) is 11.1 Å². The largest absolute Gasteiger partial charge is 0.497 e. The molecule has 0 aliphatic heterocycles. The second-order valence-electron chi connectivity index (χ2n) is 5.33. The zero-order valence-electron chi connectivity index (χ0n) is 12.7. The van der Waals surface area contributed by atoms with Crippen molar-refractivity contribution in [3.8, 4) is 28.5 Å². The lowest BCUT2D eigenvalue weighted by Gasteiger charge is -2.00. The van der Waals surface area contributed by atoms with E-state index in [4.69, 9.17) is 9.15 Å². The van der Waals surface area contributed by atoms with Crippen molar-refractivity contribution in [2.75, 3.05) is 7.11 Å². The van der Waals surface area contributed by atoms with Gasteiger partial charge in [0.2, 0.25) is 5.89 Å². The summed E-state index contributed by atoms with van der Waals surface area (Å²) in [5.74, 6) is 1.45. The smallest absolute Gasteiger partial charge is 0.226 e. The number of hydrogen-bond donors (Lipinski definition) is 0. The van der Waals surface area contributed by atoms with Crippen LogP contribution in [0.5, 0.6) is 5.75 Å². The third-order valence-electron chi connectivity index (χ3n) is 3.89. The Hall–Kier alpha value is -3.07. The molecule has 0 amide bonds. The van der Waals surface area contributed by atoms with Crippen LogP contribution in [0.4, 0.5) is 0 Å². The van der Waals surface area contributed by atoms with E-state index in [0.717, 1.165) is 22.6 Å². The highest BCUT2D eigenvalue weighted by Gasteiger charge is 2.09. The Morgan fingerprint density at radius 2 is 1.57 bits per heavy atom. The molecule has 3 nitrogen and oxygen atoms in total. The molecule has 0 saturated carbocycles. The molecule has 4 aromatic rings. The molecule has 0 radical (unpaired) electrons. The number of aromatic nitrogens is 1. The SMILES string of the molecule is COc1ccc(-c2coc(-c3ccc4ccccc4c3)n2)cc1. The van der Waals surface area contributed by atoms with Crippen LogP contribution in [0.3, 0.4) is 0 Å². The first-order chi connectivity index (χ1) is 11.3. The lowest BCUT2D eigenvalue weighted by atomic mass is 10.1. The molecule has 0 unspecified atom stereocenters. The van der Waals surface area contributed by atoms with Crippen LogP contribution >= 0.6 is 0 Å². The van der Waals surface area contributed by atoms with Gasteiger partial charge in [-0.2, -0.15) is 0 Å². The standard InChI is InChI=1S/C20H15NO2/c1-22-18-10-8-15(9-11-18)19-13-23-20(21-19)17-7-6-14-4-2-3-5-16(14)12-17/h2-13H,1H3. The quantitative estimate of drug-likeness (QED) is 0.523. The molecule has 1 aromatic heterocycles. The Balaban J connectivity index is 1.70. The Kier molecular flexibility index (Phi) is 3.31. The molecular formula is C20H15NO2. The van der Waals surface area contributed by atoms with E-state index in [-0.39, 0.29) is 0 Å². The van der Waals surface area contributed by atoms with Crippen LogP contribution in [0.1, 0.15) is 0 Å². The molecule has 112 valence electrons. The first-order valence-corrected chi connectivity index (χ1v) is 7.42. The van der Waals surface area contributed by atoms with Crippen LogP contribution in [0.2, 0.25) is 0 Å². The average molecular weight is 301 g/mol. The lowest BCUT2D eigenvalue weighted by molar-refractivity contribution is 0.415. The molecule has 0 N–H and O–H groups in total. The Morgan fingerprint density at radius 1 is 0.826 bits per heavy atom. The van der Waals surface area contributed by atoms with E-state index < -0.39 is 0 Å². The molecule has 0 aliphatic carbocycles. The highest BCUT2D eigenvalue weighted by atomic mass is 16.5. The summed E-state index contributed by atoms with van der Waals surface area (Å²) in [6.07, 6.45) is 1.69. The number of nitrogens with zero attached hydrogens (tertiary/aromatic N) is 1. The predicted molar refractivity (Wildman–Crippen MR) is 91.4 cm³/mol. The minimum absolute atomic E-state index is 0.626. The second kappa shape index (κ2) is 5.61. The summed E-state index contributed by atoms with van der Waals surface area (Å²) < 4.78 is 10.8. The molecule has 0 bridgehead atoms. The molecular weight excluding hydrogens is 286 g/mol. The lowest BCUT2D eigenvalue weighted by Crippen LogP contribution is -1.83. The fourth-order valence-corrected chi connectivity index (χ4v) is 2.62. The van der Waals surface area contributed by atoms with Crippen molar-refractivity contribution < 1.29 is 9.15 Å². The van der Waals surface area contributed by atoms with Crippen LogP contribution in [0, 0.1) is 0 Å². The molecule has 0 spiro atoms. The Morgan fingerprint density at radius 3 is 2.35 bits per heavy atom. The molecule has 1 heterocycles. The number of methoxy groups -OCH3 is 1. The van der Waals surface area contributed by atoms with E-state index in [1.54, 1.807) is 13.4 Å². The third-order valence-corrected chi connectivity index (χ3v) is 3.89. The van der Waals surface area contributed by atoms with Gasteiger partial charge in [0.25, 0.3) is 0 Å². The van der Waals surface area contributed by atoms with E-state index >= 15 is 0 Å². The first-order valence-electron chi connectivity index (χ1n) is 7.42. The van der Waals surface area contributed by atoms with Crippen molar-refractivity contribution in [1.29, 1.82) is 0 Å². The van der Waals surface area contributed by atoms with Gasteiger partial charge >= 0.3 is 0 Å². The molecule has 0 atom stereocenters. The monoisotopic (exact) mass is 301 g/mol. The summed E-state index contributed by atoms with van der Waals surface area (Å²) in [5.41, 5.74) is 2.79. The topological polar surface area (TPSA) is 35.3 Å². The van der Waals surface area contributed by atoms with E-state index in [2.05, 4.69) is 29.2 Å². The van der Waals surface area contributed by atoms with Crippen molar-refractivity contribution in [3.05, 3.63) is 73.0 Å². The van der Waals surface area contributed by atoms with E-state index in [1.807, 2.05) is 42.5 Å². The van der Waals surface area contributed by atoms with Gasteiger partial charge in [0.05, 0.1) is 7.11 Å². The van der Waals surface area contributed by atoms with Gasteiger partial charge in [0.1, 0.15) is 17.7 Å². The molecule has 0 fully saturated rings. The summed E-state index contributed by atoms with van der Waals surface area (Å²) in [7, 11) is 1.66. The number of oxazole rings is 1. The van der Waals surface area contributed by atoms with Gasteiger partial charge < -0.3 is 9.15 Å². The minimum atomic E-state index is 0.626. The number of rotatable bonds is 3. The van der Waals surface area contributed by atoms with Crippen LogP contribution in [-0.2, 0) is 0 Å². The van der Waals surface area contributed by atoms with Gasteiger partial charge in [-0.25, -0.2) is 4.98 Å². The fourth-order valence-electron chi connectivity index (χ4n) is 2.62. The van der Waals surface area contributed by atoms with Crippen molar-refractivity contribution in [2.45, 2.75) is 0 Å². The highest BCUT2D eigenvalue weighted by molar-refractivity contribution is 5.86. The third kappa shape index (κ3) is 2.57. The molecule has 0 saturated heterocycles. The van der Waals surface area contributed by atoms with Crippen LogP contribution in [0.15, 0.2) is 77.4 Å². The summed E-state index contributed by atoms with van der Waals surface area (Å²) in [6.45, 7) is 0. The van der Waals surface area contributed by atoms with Crippen molar-refractivity contribution in [3.63, 3.8) is 0 Å². The number of hydrogen-bond acceptors (Lipinski definition) is 3. The van der Waals surface area contributed by atoms with Crippen molar-refractivity contribution in [1.82, 2.24) is 4.98 Å². The van der Waals surface area contributed by atoms with E-state index in [1.165, 1.54) is 10.8 Å². The molecule has 4 rings (SSSR count). The number of fused-ring (bicyclic) bond motifs is 1. The van der Waals surface area contributed by atoms with Crippen LogP contribution in [0.25, 0.3) is 33.5 Å². The predicted octanol–water partition coefficient (Wildman–Crippen LogP) is 5.17. The maximum Gasteiger partial charge on any atom is 0.226 e. The van der Waals surface area contributed by atoms with E-state index in [0.29, 0.717) is 5.89 Å². The maximum atomic E-state index is 5.67. The van der Waals surface area contributed by atoms with Crippen molar-refractivity contribution >= 4 is 10.8 Å². The zero-order valence-corrected chi connectivity index (χ0v) is 12.7. The molecule has 3 aromatic carbocycles.